The van der Waals surface area contributed by atoms with E-state index in [-0.39, 0.29) is 0 Å². The molecule has 0 amide bonds. The number of hydrogen-bond acceptors (Lipinski definition) is 1. The highest BCUT2D eigenvalue weighted by molar-refractivity contribution is 5.61. The molecule has 1 aliphatic heterocycles. The number of rotatable bonds is 2. The van der Waals surface area contributed by atoms with Gasteiger partial charge in [0, 0.05) is 18.3 Å². The number of nitrogens with zero attached hydrogens (tertiary/aromatic N) is 1. The largest absolute Gasteiger partial charge is 0.365 e. The first kappa shape index (κ1) is 11.3. The highest BCUT2D eigenvalue weighted by atomic mass is 15.2. The summed E-state index contributed by atoms with van der Waals surface area (Å²) >= 11 is 0. The lowest BCUT2D eigenvalue weighted by Gasteiger charge is -2.28. The molecule has 0 saturated carbocycles. The minimum Gasteiger partial charge on any atom is -0.365 e. The van der Waals surface area contributed by atoms with Crippen molar-refractivity contribution >= 4 is 5.69 Å². The molecule has 1 saturated heterocycles. The second-order valence-corrected chi connectivity index (χ2v) is 4.89. The van der Waals surface area contributed by atoms with Crippen LogP contribution in [0.5, 0.6) is 0 Å². The molecule has 0 spiro atoms. The second kappa shape index (κ2) is 4.32. The summed E-state index contributed by atoms with van der Waals surface area (Å²) in [7, 11) is 0. The molecule has 86 valence electrons. The fourth-order valence-corrected chi connectivity index (χ4v) is 2.94. The molecule has 2 rings (SSSR count). The van der Waals surface area contributed by atoms with Crippen molar-refractivity contribution in [3.63, 3.8) is 0 Å². The Balaban J connectivity index is 2.43. The smallest absolute Gasteiger partial charge is 0.0471 e. The first-order valence-corrected chi connectivity index (χ1v) is 6.10. The quantitative estimate of drug-likeness (QED) is 0.679. The van der Waals surface area contributed by atoms with Crippen LogP contribution in [0.4, 0.5) is 5.69 Å². The molecule has 0 bridgehead atoms. The third-order valence-corrected chi connectivity index (χ3v) is 3.49. The maximum absolute atomic E-state index is 3.95. The standard InChI is InChI=1S/C15H21N/c1-5-14-7-6-8-16(14)15-12(3)9-11(2)10-13(15)4/h5,9-10,14H,1,6-8H2,2-4H3. The molecule has 0 radical (unpaired) electrons. The highest BCUT2D eigenvalue weighted by Crippen LogP contribution is 2.32. The van der Waals surface area contributed by atoms with Crippen molar-refractivity contribution in [1.29, 1.82) is 0 Å². The van der Waals surface area contributed by atoms with Gasteiger partial charge in [0.1, 0.15) is 0 Å². The Morgan fingerprint density at radius 2 is 1.88 bits per heavy atom. The zero-order valence-corrected chi connectivity index (χ0v) is 10.6. The van der Waals surface area contributed by atoms with Gasteiger partial charge < -0.3 is 4.90 Å². The van der Waals surface area contributed by atoms with E-state index in [0.717, 1.165) is 0 Å². The number of benzene rings is 1. The van der Waals surface area contributed by atoms with Gasteiger partial charge in [-0.3, -0.25) is 0 Å². The normalized spacial score (nSPS) is 20.2. The molecule has 1 aromatic carbocycles. The van der Waals surface area contributed by atoms with Crippen molar-refractivity contribution in [2.45, 2.75) is 39.7 Å². The predicted octanol–water partition coefficient (Wildman–Crippen LogP) is 3.77. The van der Waals surface area contributed by atoms with Gasteiger partial charge in [-0.2, -0.15) is 0 Å². The van der Waals surface area contributed by atoms with Gasteiger partial charge in [0.2, 0.25) is 0 Å². The van der Waals surface area contributed by atoms with E-state index in [0.29, 0.717) is 6.04 Å². The Labute approximate surface area is 98.8 Å². The van der Waals surface area contributed by atoms with Gasteiger partial charge in [-0.05, 0) is 44.7 Å². The van der Waals surface area contributed by atoms with E-state index in [1.807, 2.05) is 0 Å². The number of hydrogen-bond donors (Lipinski definition) is 0. The third-order valence-electron chi connectivity index (χ3n) is 3.49. The summed E-state index contributed by atoms with van der Waals surface area (Å²) in [5.74, 6) is 0. The topological polar surface area (TPSA) is 3.24 Å². The van der Waals surface area contributed by atoms with Crippen LogP contribution in [0.2, 0.25) is 0 Å². The van der Waals surface area contributed by atoms with Crippen molar-refractivity contribution in [3.8, 4) is 0 Å². The van der Waals surface area contributed by atoms with Gasteiger partial charge in [-0.1, -0.05) is 23.8 Å². The summed E-state index contributed by atoms with van der Waals surface area (Å²) < 4.78 is 0. The molecular formula is C15H21N. The molecule has 1 heteroatoms. The minimum absolute atomic E-state index is 0.528. The van der Waals surface area contributed by atoms with Crippen molar-refractivity contribution in [2.75, 3.05) is 11.4 Å². The molecule has 0 aliphatic carbocycles. The van der Waals surface area contributed by atoms with Gasteiger partial charge in [0.05, 0.1) is 0 Å². The van der Waals surface area contributed by atoms with E-state index >= 15 is 0 Å². The van der Waals surface area contributed by atoms with E-state index in [1.165, 1.54) is 41.8 Å². The Kier molecular flexibility index (Phi) is 3.04. The minimum atomic E-state index is 0.528. The second-order valence-electron chi connectivity index (χ2n) is 4.89. The molecule has 1 atom stereocenters. The number of anilines is 1. The molecule has 16 heavy (non-hydrogen) atoms. The summed E-state index contributed by atoms with van der Waals surface area (Å²) in [5, 5.41) is 0. The van der Waals surface area contributed by atoms with E-state index in [4.69, 9.17) is 0 Å². The van der Waals surface area contributed by atoms with Crippen LogP contribution in [-0.2, 0) is 0 Å². The summed E-state index contributed by atoms with van der Waals surface area (Å²) in [5.41, 5.74) is 5.57. The maximum atomic E-state index is 3.95. The van der Waals surface area contributed by atoms with Gasteiger partial charge in [-0.25, -0.2) is 0 Å². The fourth-order valence-electron chi connectivity index (χ4n) is 2.94. The number of aryl methyl sites for hydroxylation is 3. The average molecular weight is 215 g/mol. The third kappa shape index (κ3) is 1.87. The zero-order chi connectivity index (χ0) is 11.7. The van der Waals surface area contributed by atoms with Crippen LogP contribution in [0.15, 0.2) is 24.8 Å². The molecule has 1 aromatic rings. The van der Waals surface area contributed by atoms with Crippen molar-refractivity contribution < 1.29 is 0 Å². The van der Waals surface area contributed by atoms with Crippen LogP contribution in [0.3, 0.4) is 0 Å². The van der Waals surface area contributed by atoms with Crippen LogP contribution in [-0.4, -0.2) is 12.6 Å². The first-order valence-electron chi connectivity index (χ1n) is 6.10. The maximum Gasteiger partial charge on any atom is 0.0471 e. The van der Waals surface area contributed by atoms with E-state index in [1.54, 1.807) is 0 Å². The predicted molar refractivity (Wildman–Crippen MR) is 71.2 cm³/mol. The Morgan fingerprint density at radius 3 is 2.44 bits per heavy atom. The summed E-state index contributed by atoms with van der Waals surface area (Å²) in [6.07, 6.45) is 4.62. The molecule has 0 N–H and O–H groups in total. The molecule has 1 unspecified atom stereocenters. The summed E-state index contributed by atoms with van der Waals surface area (Å²) in [4.78, 5) is 2.51. The Morgan fingerprint density at radius 1 is 1.25 bits per heavy atom. The molecule has 0 aromatic heterocycles. The van der Waals surface area contributed by atoms with Gasteiger partial charge in [-0.15, -0.1) is 6.58 Å². The highest BCUT2D eigenvalue weighted by Gasteiger charge is 2.24. The summed E-state index contributed by atoms with van der Waals surface area (Å²) in [6, 6.07) is 5.09. The van der Waals surface area contributed by atoms with Crippen LogP contribution >= 0.6 is 0 Å². The Bertz CT molecular complexity index is 383. The van der Waals surface area contributed by atoms with Crippen LogP contribution in [0, 0.1) is 20.8 Å². The lowest BCUT2D eigenvalue weighted by molar-refractivity contribution is 0.802. The van der Waals surface area contributed by atoms with Gasteiger partial charge in [0.25, 0.3) is 0 Å². The van der Waals surface area contributed by atoms with Gasteiger partial charge in [0.15, 0.2) is 0 Å². The Hall–Kier alpha value is -1.24. The SMILES string of the molecule is C=CC1CCCN1c1c(C)cc(C)cc1C. The van der Waals surface area contributed by atoms with Crippen molar-refractivity contribution in [3.05, 3.63) is 41.5 Å². The lowest BCUT2D eigenvalue weighted by Crippen LogP contribution is -2.28. The summed E-state index contributed by atoms with van der Waals surface area (Å²) in [6.45, 7) is 11.7. The lowest BCUT2D eigenvalue weighted by atomic mass is 10.0. The van der Waals surface area contributed by atoms with Crippen LogP contribution < -0.4 is 4.90 Å². The zero-order valence-electron chi connectivity index (χ0n) is 10.6. The monoisotopic (exact) mass is 215 g/mol. The molecule has 1 aliphatic rings. The molecule has 1 nitrogen and oxygen atoms in total. The fraction of sp³-hybridized carbons (Fsp3) is 0.467. The average Bonchev–Trinajstić information content (AvgIpc) is 2.64. The molecular weight excluding hydrogens is 194 g/mol. The molecule has 1 fully saturated rings. The van der Waals surface area contributed by atoms with E-state index in [2.05, 4.69) is 50.5 Å². The van der Waals surface area contributed by atoms with Crippen LogP contribution in [0.25, 0.3) is 0 Å². The molecule has 1 heterocycles. The first-order chi connectivity index (χ1) is 7.63. The van der Waals surface area contributed by atoms with E-state index in [9.17, 15) is 0 Å². The van der Waals surface area contributed by atoms with Crippen LogP contribution in [0.1, 0.15) is 29.5 Å². The van der Waals surface area contributed by atoms with E-state index < -0.39 is 0 Å². The van der Waals surface area contributed by atoms with Gasteiger partial charge >= 0.3 is 0 Å². The van der Waals surface area contributed by atoms with Crippen molar-refractivity contribution in [2.24, 2.45) is 0 Å². The van der Waals surface area contributed by atoms with Crippen molar-refractivity contribution in [1.82, 2.24) is 0 Å².